The van der Waals surface area contributed by atoms with Crippen LogP contribution in [0.1, 0.15) is 44.0 Å². The third-order valence-electron chi connectivity index (χ3n) is 5.14. The van der Waals surface area contributed by atoms with Crippen molar-refractivity contribution >= 4 is 17.9 Å². The Hall–Kier alpha value is -2.51. The molecule has 2 fully saturated rings. The third kappa shape index (κ3) is 4.85. The van der Waals surface area contributed by atoms with Crippen LogP contribution in [0.3, 0.4) is 0 Å². The highest BCUT2D eigenvalue weighted by atomic mass is 16.6. The van der Waals surface area contributed by atoms with Crippen molar-refractivity contribution in [1.29, 1.82) is 0 Å². The third-order valence-corrected chi connectivity index (χ3v) is 5.14. The minimum atomic E-state index is -0.517. The molecule has 1 aromatic heterocycles. The van der Waals surface area contributed by atoms with E-state index in [1.54, 1.807) is 15.9 Å². The van der Waals surface area contributed by atoms with Gasteiger partial charge in [-0.3, -0.25) is 9.59 Å². The van der Waals surface area contributed by atoms with Gasteiger partial charge in [-0.1, -0.05) is 0 Å². The molecule has 0 N–H and O–H groups in total. The SMILES string of the molecule is CC(C)(C)OC(=O)N1CCC(C(=O)N2CCN(C(=O)c3ccoc3)CC2)CC1. The van der Waals surface area contributed by atoms with Gasteiger partial charge in [0.2, 0.25) is 5.91 Å². The zero-order chi connectivity index (χ0) is 20.3. The summed E-state index contributed by atoms with van der Waals surface area (Å²) in [6.45, 7) is 8.71. The fourth-order valence-electron chi connectivity index (χ4n) is 3.59. The van der Waals surface area contributed by atoms with Gasteiger partial charge < -0.3 is 23.9 Å². The average molecular weight is 391 g/mol. The molecule has 0 aromatic carbocycles. The summed E-state index contributed by atoms with van der Waals surface area (Å²) >= 11 is 0. The van der Waals surface area contributed by atoms with Gasteiger partial charge in [0.15, 0.2) is 0 Å². The number of nitrogens with zero attached hydrogens (tertiary/aromatic N) is 3. The number of piperidine rings is 1. The first-order chi connectivity index (χ1) is 13.2. The van der Waals surface area contributed by atoms with E-state index in [4.69, 9.17) is 9.15 Å². The van der Waals surface area contributed by atoms with Crippen LogP contribution >= 0.6 is 0 Å². The van der Waals surface area contributed by atoms with Crippen LogP contribution in [0.15, 0.2) is 23.0 Å². The van der Waals surface area contributed by atoms with Crippen LogP contribution < -0.4 is 0 Å². The minimum absolute atomic E-state index is 0.0634. The molecular weight excluding hydrogens is 362 g/mol. The van der Waals surface area contributed by atoms with E-state index >= 15 is 0 Å². The fraction of sp³-hybridized carbons (Fsp3) is 0.650. The van der Waals surface area contributed by atoms with E-state index in [2.05, 4.69) is 0 Å². The molecular formula is C20H29N3O5. The lowest BCUT2D eigenvalue weighted by atomic mass is 9.95. The van der Waals surface area contributed by atoms with Gasteiger partial charge in [-0.2, -0.15) is 0 Å². The van der Waals surface area contributed by atoms with E-state index in [0.717, 1.165) is 0 Å². The first-order valence-corrected chi connectivity index (χ1v) is 9.83. The Kier molecular flexibility index (Phi) is 5.96. The predicted molar refractivity (Wildman–Crippen MR) is 102 cm³/mol. The van der Waals surface area contributed by atoms with Crippen LogP contribution in [0.25, 0.3) is 0 Å². The minimum Gasteiger partial charge on any atom is -0.472 e. The zero-order valence-corrected chi connectivity index (χ0v) is 16.8. The van der Waals surface area contributed by atoms with Crippen LogP contribution in [-0.2, 0) is 9.53 Å². The highest BCUT2D eigenvalue weighted by Crippen LogP contribution is 2.22. The van der Waals surface area contributed by atoms with E-state index < -0.39 is 5.60 Å². The van der Waals surface area contributed by atoms with E-state index in [9.17, 15) is 14.4 Å². The molecule has 3 rings (SSSR count). The largest absolute Gasteiger partial charge is 0.472 e. The standard InChI is InChI=1S/C20H29N3O5/c1-20(2,3)28-19(26)23-7-4-15(5-8-23)17(24)21-9-11-22(12-10-21)18(25)16-6-13-27-14-16/h6,13-15H,4-5,7-12H2,1-3H3. The van der Waals surface area contributed by atoms with E-state index in [1.807, 2.05) is 25.7 Å². The highest BCUT2D eigenvalue weighted by molar-refractivity contribution is 5.94. The van der Waals surface area contributed by atoms with Crippen molar-refractivity contribution in [3.63, 3.8) is 0 Å². The summed E-state index contributed by atoms with van der Waals surface area (Å²) in [5.41, 5.74) is 0.0198. The maximum atomic E-state index is 12.8. The topological polar surface area (TPSA) is 83.3 Å². The zero-order valence-electron chi connectivity index (χ0n) is 16.8. The number of hydrogen-bond donors (Lipinski definition) is 0. The average Bonchev–Trinajstić information content (AvgIpc) is 3.20. The summed E-state index contributed by atoms with van der Waals surface area (Å²) in [7, 11) is 0. The summed E-state index contributed by atoms with van der Waals surface area (Å²) in [4.78, 5) is 42.6. The van der Waals surface area contributed by atoms with Crippen molar-refractivity contribution in [3.05, 3.63) is 24.2 Å². The monoisotopic (exact) mass is 391 g/mol. The smallest absolute Gasteiger partial charge is 0.410 e. The molecule has 0 unspecified atom stereocenters. The second-order valence-electron chi connectivity index (χ2n) is 8.37. The number of likely N-dealkylation sites (tertiary alicyclic amines) is 1. The quantitative estimate of drug-likeness (QED) is 0.772. The Labute approximate surface area is 165 Å². The van der Waals surface area contributed by atoms with Gasteiger partial charge in [0.1, 0.15) is 11.9 Å². The normalized spacial score (nSPS) is 18.9. The van der Waals surface area contributed by atoms with Crippen LogP contribution in [0.2, 0.25) is 0 Å². The molecule has 2 aliphatic rings. The van der Waals surface area contributed by atoms with Crippen LogP contribution in [-0.4, -0.2) is 77.5 Å². The Morgan fingerprint density at radius 2 is 1.57 bits per heavy atom. The molecule has 154 valence electrons. The van der Waals surface area contributed by atoms with Gasteiger partial charge in [-0.05, 0) is 39.7 Å². The van der Waals surface area contributed by atoms with E-state index in [-0.39, 0.29) is 23.8 Å². The number of carbonyl (C=O) groups is 3. The Morgan fingerprint density at radius 1 is 0.964 bits per heavy atom. The molecule has 3 amide bonds. The summed E-state index contributed by atoms with van der Waals surface area (Å²) < 4.78 is 10.4. The van der Waals surface area contributed by atoms with Crippen molar-refractivity contribution in [2.45, 2.75) is 39.2 Å². The van der Waals surface area contributed by atoms with Crippen molar-refractivity contribution in [1.82, 2.24) is 14.7 Å². The fourth-order valence-corrected chi connectivity index (χ4v) is 3.59. The number of rotatable bonds is 2. The first kappa shape index (κ1) is 20.2. The van der Waals surface area contributed by atoms with Gasteiger partial charge >= 0.3 is 6.09 Å². The van der Waals surface area contributed by atoms with Crippen LogP contribution in [0.4, 0.5) is 4.79 Å². The van der Waals surface area contributed by atoms with Crippen molar-refractivity contribution in [2.75, 3.05) is 39.3 Å². The van der Waals surface area contributed by atoms with E-state index in [1.165, 1.54) is 12.5 Å². The van der Waals surface area contributed by atoms with Gasteiger partial charge in [0, 0.05) is 45.2 Å². The van der Waals surface area contributed by atoms with E-state index in [0.29, 0.717) is 57.7 Å². The first-order valence-electron chi connectivity index (χ1n) is 9.83. The highest BCUT2D eigenvalue weighted by Gasteiger charge is 2.33. The molecule has 0 aliphatic carbocycles. The summed E-state index contributed by atoms with van der Waals surface area (Å²) in [5, 5.41) is 0. The molecule has 1 aromatic rings. The molecule has 3 heterocycles. The molecule has 0 spiro atoms. The number of furan rings is 1. The van der Waals surface area contributed by atoms with Crippen molar-refractivity contribution in [3.8, 4) is 0 Å². The molecule has 0 atom stereocenters. The molecule has 0 radical (unpaired) electrons. The predicted octanol–water partition coefficient (Wildman–Crippen LogP) is 2.21. The number of hydrogen-bond acceptors (Lipinski definition) is 5. The number of piperazine rings is 1. The summed E-state index contributed by atoms with van der Waals surface area (Å²) in [6.07, 6.45) is 3.90. The summed E-state index contributed by atoms with van der Waals surface area (Å²) in [5.74, 6) is -0.0134. The van der Waals surface area contributed by atoms with Crippen LogP contribution in [0, 0.1) is 5.92 Å². The summed E-state index contributed by atoms with van der Waals surface area (Å²) in [6, 6.07) is 1.65. The molecule has 2 aliphatic heterocycles. The number of amides is 3. The lowest BCUT2D eigenvalue weighted by Gasteiger charge is -2.38. The molecule has 28 heavy (non-hydrogen) atoms. The van der Waals surface area contributed by atoms with Gasteiger partial charge in [-0.15, -0.1) is 0 Å². The Bertz CT molecular complexity index is 694. The lowest BCUT2D eigenvalue weighted by molar-refractivity contribution is -0.138. The Morgan fingerprint density at radius 3 is 2.11 bits per heavy atom. The molecule has 2 saturated heterocycles. The maximum absolute atomic E-state index is 12.8. The second-order valence-corrected chi connectivity index (χ2v) is 8.37. The van der Waals surface area contributed by atoms with Crippen molar-refractivity contribution in [2.24, 2.45) is 5.92 Å². The maximum Gasteiger partial charge on any atom is 0.410 e. The van der Waals surface area contributed by atoms with Gasteiger partial charge in [-0.25, -0.2) is 4.79 Å². The molecule has 8 nitrogen and oxygen atoms in total. The Balaban J connectivity index is 1.45. The molecule has 8 heteroatoms. The van der Waals surface area contributed by atoms with Crippen LogP contribution in [0.5, 0.6) is 0 Å². The number of ether oxygens (including phenoxy) is 1. The van der Waals surface area contributed by atoms with Crippen molar-refractivity contribution < 1.29 is 23.5 Å². The van der Waals surface area contributed by atoms with Gasteiger partial charge in [0.05, 0.1) is 11.8 Å². The van der Waals surface area contributed by atoms with Gasteiger partial charge in [0.25, 0.3) is 5.91 Å². The lowest BCUT2D eigenvalue weighted by Crippen LogP contribution is -2.53. The number of carbonyl (C=O) groups excluding carboxylic acids is 3. The molecule has 0 saturated carbocycles. The molecule has 0 bridgehead atoms. The second kappa shape index (κ2) is 8.24.